The number of rotatable bonds is 2. The molecule has 0 aliphatic carbocycles. The molecule has 0 aromatic carbocycles. The minimum atomic E-state index is 0.625. The number of amides is 1. The van der Waals surface area contributed by atoms with Crippen molar-refractivity contribution in [2.45, 2.75) is 13.3 Å². The average Bonchev–Trinajstić information content (AvgIpc) is 1.88. The fourth-order valence-electron chi connectivity index (χ4n) is 0. The van der Waals surface area contributed by atoms with Crippen molar-refractivity contribution >= 4 is 12.7 Å². The van der Waals surface area contributed by atoms with Crippen molar-refractivity contribution in [2.75, 3.05) is 7.05 Å². The Morgan fingerprint density at radius 2 is 1.75 bits per heavy atom. The zero-order valence-corrected chi connectivity index (χ0v) is 5.18. The van der Waals surface area contributed by atoms with E-state index in [0.29, 0.717) is 12.8 Å². The molecule has 0 radical (unpaired) electrons. The lowest BCUT2D eigenvalue weighted by atomic mass is 10.6. The van der Waals surface area contributed by atoms with E-state index in [9.17, 15) is 4.79 Å². The van der Waals surface area contributed by atoms with Crippen molar-refractivity contribution in [3.05, 3.63) is 0 Å². The SMILES string of the molecule is CCC=O.CNC=O. The molecule has 1 N–H and O–H groups in total. The van der Waals surface area contributed by atoms with E-state index in [0.717, 1.165) is 6.29 Å². The van der Waals surface area contributed by atoms with Crippen molar-refractivity contribution in [1.29, 1.82) is 0 Å². The summed E-state index contributed by atoms with van der Waals surface area (Å²) < 4.78 is 0. The summed E-state index contributed by atoms with van der Waals surface area (Å²) >= 11 is 0. The topological polar surface area (TPSA) is 46.2 Å². The molecule has 0 bridgehead atoms. The molecule has 48 valence electrons. The molecule has 0 fully saturated rings. The first kappa shape index (κ1) is 10.2. The maximum Gasteiger partial charge on any atom is 0.206 e. The fourth-order valence-corrected chi connectivity index (χ4v) is 0. The number of carbonyl (C=O) groups is 2. The third-order valence-electron chi connectivity index (χ3n) is 0.285. The second kappa shape index (κ2) is 16.5. The summed E-state index contributed by atoms with van der Waals surface area (Å²) in [6, 6.07) is 0. The lowest BCUT2D eigenvalue weighted by molar-refractivity contribution is -0.109. The highest BCUT2D eigenvalue weighted by molar-refractivity contribution is 5.48. The van der Waals surface area contributed by atoms with Gasteiger partial charge in [-0.3, -0.25) is 4.79 Å². The molecule has 0 atom stereocenters. The van der Waals surface area contributed by atoms with Crippen LogP contribution in [0.3, 0.4) is 0 Å². The summed E-state index contributed by atoms with van der Waals surface area (Å²) in [7, 11) is 1.56. The molecule has 0 aliphatic heterocycles. The molecule has 1 amide bonds. The predicted octanol–water partition coefficient (Wildman–Crippen LogP) is -0.0425. The number of hydrogen-bond acceptors (Lipinski definition) is 2. The Bertz CT molecular complexity index is 46.4. The molecule has 0 heterocycles. The van der Waals surface area contributed by atoms with Crippen LogP contribution in [0.25, 0.3) is 0 Å². The van der Waals surface area contributed by atoms with Gasteiger partial charge in [-0.2, -0.15) is 0 Å². The Morgan fingerprint density at radius 3 is 1.75 bits per heavy atom. The van der Waals surface area contributed by atoms with Crippen molar-refractivity contribution in [2.24, 2.45) is 0 Å². The molecule has 8 heavy (non-hydrogen) atoms. The number of aldehydes is 1. The van der Waals surface area contributed by atoms with Crippen molar-refractivity contribution in [3.63, 3.8) is 0 Å². The number of carbonyl (C=O) groups excluding carboxylic acids is 2. The summed E-state index contributed by atoms with van der Waals surface area (Å²) in [6.45, 7) is 1.81. The normalized spacial score (nSPS) is 5.75. The Morgan fingerprint density at radius 1 is 1.50 bits per heavy atom. The van der Waals surface area contributed by atoms with Gasteiger partial charge in [-0.05, 0) is 0 Å². The van der Waals surface area contributed by atoms with E-state index in [2.05, 4.69) is 5.32 Å². The maximum absolute atomic E-state index is 9.17. The highest BCUT2D eigenvalue weighted by Crippen LogP contribution is 1.53. The van der Waals surface area contributed by atoms with Gasteiger partial charge >= 0.3 is 0 Å². The zero-order valence-electron chi connectivity index (χ0n) is 5.18. The van der Waals surface area contributed by atoms with Crippen LogP contribution in [-0.4, -0.2) is 19.7 Å². The van der Waals surface area contributed by atoms with Crippen LogP contribution in [-0.2, 0) is 9.59 Å². The van der Waals surface area contributed by atoms with E-state index >= 15 is 0 Å². The predicted molar refractivity (Wildman–Crippen MR) is 31.5 cm³/mol. The summed E-state index contributed by atoms with van der Waals surface area (Å²) in [6.07, 6.45) is 2.14. The van der Waals surface area contributed by atoms with Gasteiger partial charge in [0.15, 0.2) is 0 Å². The molecule has 0 aromatic heterocycles. The van der Waals surface area contributed by atoms with Crippen LogP contribution in [0.1, 0.15) is 13.3 Å². The monoisotopic (exact) mass is 117 g/mol. The van der Waals surface area contributed by atoms with Gasteiger partial charge in [0, 0.05) is 13.5 Å². The van der Waals surface area contributed by atoms with Crippen LogP contribution < -0.4 is 5.32 Å². The quantitative estimate of drug-likeness (QED) is 0.516. The molecular weight excluding hydrogens is 106 g/mol. The molecular formula is C5H11NO2. The van der Waals surface area contributed by atoms with Gasteiger partial charge in [-0.15, -0.1) is 0 Å². The number of hydrogen-bond donors (Lipinski definition) is 1. The van der Waals surface area contributed by atoms with E-state index in [4.69, 9.17) is 4.79 Å². The van der Waals surface area contributed by atoms with Gasteiger partial charge < -0.3 is 10.1 Å². The molecule has 3 nitrogen and oxygen atoms in total. The van der Waals surface area contributed by atoms with Crippen LogP contribution >= 0.6 is 0 Å². The Balaban J connectivity index is 0. The van der Waals surface area contributed by atoms with Crippen LogP contribution in [0, 0.1) is 0 Å². The van der Waals surface area contributed by atoms with E-state index in [1.807, 2.05) is 6.92 Å². The maximum atomic E-state index is 9.17. The zero-order chi connectivity index (χ0) is 6.83. The Labute approximate surface area is 49.1 Å². The van der Waals surface area contributed by atoms with E-state index < -0.39 is 0 Å². The second-order valence-corrected chi connectivity index (χ2v) is 0.981. The first-order valence-electron chi connectivity index (χ1n) is 2.38. The summed E-state index contributed by atoms with van der Waals surface area (Å²) in [5.74, 6) is 0. The number of nitrogens with one attached hydrogen (secondary N) is 1. The molecule has 0 unspecified atom stereocenters. The smallest absolute Gasteiger partial charge is 0.206 e. The summed E-state index contributed by atoms with van der Waals surface area (Å²) in [5.41, 5.74) is 0. The third kappa shape index (κ3) is 67.8. The summed E-state index contributed by atoms with van der Waals surface area (Å²) in [4.78, 5) is 18.2. The molecule has 0 aliphatic rings. The minimum Gasteiger partial charge on any atom is -0.362 e. The van der Waals surface area contributed by atoms with Crippen molar-refractivity contribution in [1.82, 2.24) is 5.32 Å². The van der Waals surface area contributed by atoms with Gasteiger partial charge in [0.2, 0.25) is 6.41 Å². The van der Waals surface area contributed by atoms with Gasteiger partial charge in [0.1, 0.15) is 6.29 Å². The minimum absolute atomic E-state index is 0.625. The van der Waals surface area contributed by atoms with Gasteiger partial charge in [-0.25, -0.2) is 0 Å². The molecule has 0 rings (SSSR count). The first-order valence-corrected chi connectivity index (χ1v) is 2.38. The molecule has 0 aromatic rings. The Kier molecular flexibility index (Phi) is 21.0. The molecule has 3 heteroatoms. The highest BCUT2D eigenvalue weighted by atomic mass is 16.1. The van der Waals surface area contributed by atoms with Gasteiger partial charge in [-0.1, -0.05) is 6.92 Å². The summed E-state index contributed by atoms with van der Waals surface area (Å²) in [5, 5.41) is 2.25. The lowest BCUT2D eigenvalue weighted by Crippen LogP contribution is -1.98. The molecule has 0 saturated carbocycles. The molecule has 0 saturated heterocycles. The fraction of sp³-hybridized carbons (Fsp3) is 0.600. The first-order chi connectivity index (χ1) is 3.83. The van der Waals surface area contributed by atoms with Crippen LogP contribution in [0.2, 0.25) is 0 Å². The van der Waals surface area contributed by atoms with E-state index in [1.54, 1.807) is 7.05 Å². The van der Waals surface area contributed by atoms with Crippen molar-refractivity contribution < 1.29 is 9.59 Å². The van der Waals surface area contributed by atoms with Crippen LogP contribution in [0.5, 0.6) is 0 Å². The van der Waals surface area contributed by atoms with E-state index in [1.165, 1.54) is 0 Å². The van der Waals surface area contributed by atoms with E-state index in [-0.39, 0.29) is 0 Å². The Hall–Kier alpha value is -0.860. The third-order valence-corrected chi connectivity index (χ3v) is 0.285. The van der Waals surface area contributed by atoms with Crippen LogP contribution in [0.4, 0.5) is 0 Å². The van der Waals surface area contributed by atoms with Gasteiger partial charge in [0.05, 0.1) is 0 Å². The van der Waals surface area contributed by atoms with Crippen molar-refractivity contribution in [3.8, 4) is 0 Å². The molecule has 0 spiro atoms. The second-order valence-electron chi connectivity index (χ2n) is 0.981. The largest absolute Gasteiger partial charge is 0.362 e. The highest BCUT2D eigenvalue weighted by Gasteiger charge is 1.52. The average molecular weight is 117 g/mol. The van der Waals surface area contributed by atoms with Gasteiger partial charge in [0.25, 0.3) is 0 Å². The van der Waals surface area contributed by atoms with Crippen LogP contribution in [0.15, 0.2) is 0 Å². The standard InChI is InChI=1S/C3H6O.C2H5NO/c1-2-3-4;1-3-2-4/h3H,2H2,1H3;2H,1H3,(H,3,4). The lowest BCUT2D eigenvalue weighted by Gasteiger charge is -1.64.